The highest BCUT2D eigenvalue weighted by molar-refractivity contribution is 5.93. The van der Waals surface area contributed by atoms with Crippen LogP contribution in [0.5, 0.6) is 0 Å². The van der Waals surface area contributed by atoms with Crippen LogP contribution < -0.4 is 10.6 Å². The molecule has 7 nitrogen and oxygen atoms in total. The molecule has 4 rings (SSSR count). The van der Waals surface area contributed by atoms with Gasteiger partial charge in [0.05, 0.1) is 17.8 Å². The molecule has 2 atom stereocenters. The Bertz CT molecular complexity index is 633. The average Bonchev–Trinajstić information content (AvgIpc) is 2.94. The summed E-state index contributed by atoms with van der Waals surface area (Å²) in [5, 5.41) is 15.1. The van der Waals surface area contributed by atoms with Gasteiger partial charge in [-0.3, -0.25) is 4.79 Å². The number of nitrogens with one attached hydrogen (secondary N) is 2. The summed E-state index contributed by atoms with van der Waals surface area (Å²) in [5.41, 5.74) is 1.53. The van der Waals surface area contributed by atoms with Crippen LogP contribution >= 0.6 is 0 Å². The zero-order valence-electron chi connectivity index (χ0n) is 15.3. The molecule has 1 aliphatic heterocycles. The molecule has 0 unspecified atom stereocenters. The minimum atomic E-state index is -0.0797. The molecule has 1 saturated heterocycles. The monoisotopic (exact) mass is 347 g/mol. The normalized spacial score (nSPS) is 28.4. The van der Waals surface area contributed by atoms with E-state index < -0.39 is 0 Å². The number of carbonyl (C=O) groups is 1. The molecular formula is C18H29N5O2. The Balaban J connectivity index is 1.43. The SMILES string of the molecule is CCO[C@H]1C[C@@H](NC(=O)c2nnn(C3CCNCC3)c2C)C12CCC2. The number of hydrogen-bond acceptors (Lipinski definition) is 5. The van der Waals surface area contributed by atoms with E-state index >= 15 is 0 Å². The van der Waals surface area contributed by atoms with Gasteiger partial charge in [0.15, 0.2) is 5.69 Å². The van der Waals surface area contributed by atoms with Crippen LogP contribution in [-0.4, -0.2) is 52.7 Å². The molecule has 2 aliphatic carbocycles. The molecule has 1 aromatic rings. The number of hydrogen-bond donors (Lipinski definition) is 2. The van der Waals surface area contributed by atoms with Gasteiger partial charge in [0.25, 0.3) is 5.91 Å². The first-order valence-electron chi connectivity index (χ1n) is 9.70. The summed E-state index contributed by atoms with van der Waals surface area (Å²) in [6.07, 6.45) is 6.84. The molecule has 2 saturated carbocycles. The molecule has 0 aromatic carbocycles. The summed E-state index contributed by atoms with van der Waals surface area (Å²) in [6.45, 7) is 6.74. The molecular weight excluding hydrogens is 318 g/mol. The summed E-state index contributed by atoms with van der Waals surface area (Å²) >= 11 is 0. The van der Waals surface area contributed by atoms with Crippen molar-refractivity contribution < 1.29 is 9.53 Å². The molecule has 3 aliphatic rings. The molecule has 1 amide bonds. The van der Waals surface area contributed by atoms with Crippen LogP contribution in [0.3, 0.4) is 0 Å². The van der Waals surface area contributed by atoms with Crippen LogP contribution in [0.25, 0.3) is 0 Å². The topological polar surface area (TPSA) is 81.1 Å². The van der Waals surface area contributed by atoms with Crippen molar-refractivity contribution in [1.82, 2.24) is 25.6 Å². The number of amides is 1. The van der Waals surface area contributed by atoms with Crippen molar-refractivity contribution in [3.8, 4) is 0 Å². The van der Waals surface area contributed by atoms with Gasteiger partial charge in [0.2, 0.25) is 0 Å². The fourth-order valence-corrected chi connectivity index (χ4v) is 4.82. The molecule has 3 fully saturated rings. The Labute approximate surface area is 148 Å². The predicted octanol–water partition coefficient (Wildman–Crippen LogP) is 1.59. The number of ether oxygens (including phenoxy) is 1. The molecule has 7 heteroatoms. The van der Waals surface area contributed by atoms with Crippen molar-refractivity contribution in [2.24, 2.45) is 5.41 Å². The van der Waals surface area contributed by atoms with Crippen LogP contribution in [0.2, 0.25) is 0 Å². The Hall–Kier alpha value is -1.47. The predicted molar refractivity (Wildman–Crippen MR) is 93.5 cm³/mol. The van der Waals surface area contributed by atoms with Gasteiger partial charge in [-0.2, -0.15) is 0 Å². The van der Waals surface area contributed by atoms with E-state index in [-0.39, 0.29) is 17.4 Å². The summed E-state index contributed by atoms with van der Waals surface area (Å²) in [7, 11) is 0. The lowest BCUT2D eigenvalue weighted by Gasteiger charge is -2.60. The summed E-state index contributed by atoms with van der Waals surface area (Å²) < 4.78 is 7.81. The Morgan fingerprint density at radius 3 is 2.80 bits per heavy atom. The third-order valence-corrected chi connectivity index (χ3v) is 6.54. The third kappa shape index (κ3) is 2.77. The minimum absolute atomic E-state index is 0.0797. The van der Waals surface area contributed by atoms with E-state index in [1.165, 1.54) is 6.42 Å². The van der Waals surface area contributed by atoms with Gasteiger partial charge in [0.1, 0.15) is 0 Å². The van der Waals surface area contributed by atoms with E-state index in [0.717, 1.165) is 57.5 Å². The number of nitrogens with zero attached hydrogens (tertiary/aromatic N) is 3. The van der Waals surface area contributed by atoms with Crippen LogP contribution in [-0.2, 0) is 4.74 Å². The van der Waals surface area contributed by atoms with E-state index in [9.17, 15) is 4.79 Å². The second kappa shape index (κ2) is 6.68. The lowest BCUT2D eigenvalue weighted by Crippen LogP contribution is -2.67. The van der Waals surface area contributed by atoms with Crippen LogP contribution in [0, 0.1) is 12.3 Å². The van der Waals surface area contributed by atoms with Crippen molar-refractivity contribution in [1.29, 1.82) is 0 Å². The highest BCUT2D eigenvalue weighted by atomic mass is 16.5. The van der Waals surface area contributed by atoms with Crippen molar-refractivity contribution in [2.75, 3.05) is 19.7 Å². The highest BCUT2D eigenvalue weighted by Gasteiger charge is 2.59. The average molecular weight is 347 g/mol. The number of carbonyl (C=O) groups excluding carboxylic acids is 1. The highest BCUT2D eigenvalue weighted by Crippen LogP contribution is 2.57. The summed E-state index contributed by atoms with van der Waals surface area (Å²) in [4.78, 5) is 12.8. The largest absolute Gasteiger partial charge is 0.378 e. The number of aromatic nitrogens is 3. The van der Waals surface area contributed by atoms with Crippen LogP contribution in [0.15, 0.2) is 0 Å². The molecule has 2 N–H and O–H groups in total. The first-order valence-corrected chi connectivity index (χ1v) is 9.70. The maximum Gasteiger partial charge on any atom is 0.273 e. The molecule has 1 aromatic heterocycles. The lowest BCUT2D eigenvalue weighted by atomic mass is 9.51. The molecule has 138 valence electrons. The minimum Gasteiger partial charge on any atom is -0.378 e. The maximum atomic E-state index is 12.8. The van der Waals surface area contributed by atoms with Gasteiger partial charge < -0.3 is 15.4 Å². The van der Waals surface area contributed by atoms with Crippen molar-refractivity contribution in [3.63, 3.8) is 0 Å². The first kappa shape index (κ1) is 17.0. The Morgan fingerprint density at radius 2 is 2.16 bits per heavy atom. The Morgan fingerprint density at radius 1 is 1.40 bits per heavy atom. The number of rotatable bonds is 5. The Kier molecular flexibility index (Phi) is 4.54. The third-order valence-electron chi connectivity index (χ3n) is 6.54. The number of piperidine rings is 1. The fourth-order valence-electron chi connectivity index (χ4n) is 4.82. The van der Waals surface area contributed by atoms with Crippen molar-refractivity contribution in [3.05, 3.63) is 11.4 Å². The van der Waals surface area contributed by atoms with E-state index in [1.54, 1.807) is 0 Å². The van der Waals surface area contributed by atoms with Gasteiger partial charge in [-0.25, -0.2) is 4.68 Å². The zero-order valence-corrected chi connectivity index (χ0v) is 15.3. The second-order valence-corrected chi connectivity index (χ2v) is 7.74. The zero-order chi connectivity index (χ0) is 17.4. The molecule has 0 bridgehead atoms. The van der Waals surface area contributed by atoms with Gasteiger partial charge >= 0.3 is 0 Å². The summed E-state index contributed by atoms with van der Waals surface area (Å²) in [6, 6.07) is 0.563. The van der Waals surface area contributed by atoms with Gasteiger partial charge in [0, 0.05) is 18.1 Å². The van der Waals surface area contributed by atoms with Gasteiger partial charge in [-0.15, -0.1) is 5.10 Å². The summed E-state index contributed by atoms with van der Waals surface area (Å²) in [5.74, 6) is -0.0797. The first-order chi connectivity index (χ1) is 12.2. The molecule has 0 radical (unpaired) electrons. The maximum absolute atomic E-state index is 12.8. The molecule has 25 heavy (non-hydrogen) atoms. The van der Waals surface area contributed by atoms with E-state index in [2.05, 4.69) is 20.9 Å². The smallest absolute Gasteiger partial charge is 0.273 e. The lowest BCUT2D eigenvalue weighted by molar-refractivity contribution is -0.169. The van der Waals surface area contributed by atoms with E-state index in [1.807, 2.05) is 18.5 Å². The van der Waals surface area contributed by atoms with Crippen molar-refractivity contribution >= 4 is 5.91 Å². The molecule has 1 spiro atoms. The van der Waals surface area contributed by atoms with Gasteiger partial charge in [-0.05, 0) is 59.0 Å². The van der Waals surface area contributed by atoms with E-state index in [0.29, 0.717) is 17.8 Å². The van der Waals surface area contributed by atoms with Crippen molar-refractivity contribution in [2.45, 2.75) is 70.6 Å². The fraction of sp³-hybridized carbons (Fsp3) is 0.833. The van der Waals surface area contributed by atoms with E-state index in [4.69, 9.17) is 4.74 Å². The molecule has 2 heterocycles. The second-order valence-electron chi connectivity index (χ2n) is 7.74. The van der Waals surface area contributed by atoms with Crippen LogP contribution in [0.1, 0.15) is 67.7 Å². The van der Waals surface area contributed by atoms with Crippen LogP contribution in [0.4, 0.5) is 0 Å². The van der Waals surface area contributed by atoms with Gasteiger partial charge in [-0.1, -0.05) is 11.6 Å². The quantitative estimate of drug-likeness (QED) is 0.845. The standard InChI is InChI=1S/C18H29N5O2/c1-3-25-15-11-14(18(15)7-4-8-18)20-17(24)16-12(2)23(22-21-16)13-5-9-19-10-6-13/h13-15,19H,3-11H2,1-2H3,(H,20,24)/t14-,15+/m1/s1.